The minimum Gasteiger partial charge on any atom is -0.466 e. The van der Waals surface area contributed by atoms with Crippen molar-refractivity contribution in [3.05, 3.63) is 40.9 Å². The summed E-state index contributed by atoms with van der Waals surface area (Å²) < 4.78 is 4.89. The van der Waals surface area contributed by atoms with E-state index in [1.54, 1.807) is 24.4 Å². The number of aromatic nitrogens is 1. The molecule has 2 aromatic rings. The van der Waals surface area contributed by atoms with Gasteiger partial charge in [0.2, 0.25) is 0 Å². The van der Waals surface area contributed by atoms with Crippen LogP contribution in [0.2, 0.25) is 0 Å². The molecule has 1 N–H and O–H groups in total. The summed E-state index contributed by atoms with van der Waals surface area (Å²) in [5.41, 5.74) is 2.25. The van der Waals surface area contributed by atoms with E-state index in [4.69, 9.17) is 4.74 Å². The lowest BCUT2D eigenvalue weighted by atomic mass is 10.2. The predicted octanol–water partition coefficient (Wildman–Crippen LogP) is 3.35. The van der Waals surface area contributed by atoms with E-state index in [1.165, 1.54) is 11.3 Å². The number of carbonyl (C=O) groups is 2. The number of ether oxygens (including phenoxy) is 1. The molecule has 0 saturated heterocycles. The average molecular weight is 361 g/mol. The molecule has 1 aromatic heterocycles. The van der Waals surface area contributed by atoms with Crippen LogP contribution in [0.3, 0.4) is 0 Å². The van der Waals surface area contributed by atoms with Gasteiger partial charge in [-0.2, -0.15) is 0 Å². The monoisotopic (exact) mass is 361 g/mol. The van der Waals surface area contributed by atoms with E-state index in [0.29, 0.717) is 23.0 Å². The molecule has 2 rings (SSSR count). The van der Waals surface area contributed by atoms with Gasteiger partial charge in [-0.1, -0.05) is 0 Å². The molecule has 0 spiro atoms. The number of esters is 1. The van der Waals surface area contributed by atoms with Crippen LogP contribution in [0.15, 0.2) is 29.6 Å². The van der Waals surface area contributed by atoms with Gasteiger partial charge >= 0.3 is 5.97 Å². The zero-order valence-corrected chi connectivity index (χ0v) is 15.6. The molecule has 0 radical (unpaired) electrons. The van der Waals surface area contributed by atoms with E-state index in [9.17, 15) is 9.59 Å². The first-order valence-electron chi connectivity index (χ1n) is 8.33. The second-order valence-corrected chi connectivity index (χ2v) is 6.16. The first-order valence-corrected chi connectivity index (χ1v) is 9.21. The summed E-state index contributed by atoms with van der Waals surface area (Å²) in [7, 11) is 0. The maximum atomic E-state index is 12.3. The SMILES string of the molecule is CCOC(=O)Cc1csc(NC(=O)c2ccc(N(CC)CC)cc2)n1. The summed E-state index contributed by atoms with van der Waals surface area (Å²) >= 11 is 1.29. The molecule has 6 nitrogen and oxygen atoms in total. The number of hydrogen-bond donors (Lipinski definition) is 1. The normalized spacial score (nSPS) is 10.4. The minimum atomic E-state index is -0.322. The van der Waals surface area contributed by atoms with Crippen molar-refractivity contribution in [1.29, 1.82) is 0 Å². The number of rotatable bonds is 8. The van der Waals surface area contributed by atoms with Crippen LogP contribution in [0.4, 0.5) is 10.8 Å². The Balaban J connectivity index is 1.98. The topological polar surface area (TPSA) is 71.5 Å². The van der Waals surface area contributed by atoms with Crippen molar-refractivity contribution in [3.8, 4) is 0 Å². The molecule has 7 heteroatoms. The molecule has 134 valence electrons. The number of anilines is 2. The lowest BCUT2D eigenvalue weighted by Gasteiger charge is -2.20. The van der Waals surface area contributed by atoms with Gasteiger partial charge in [0.15, 0.2) is 5.13 Å². The van der Waals surface area contributed by atoms with Crippen molar-refractivity contribution in [3.63, 3.8) is 0 Å². The maximum Gasteiger partial charge on any atom is 0.311 e. The average Bonchev–Trinajstić information content (AvgIpc) is 3.03. The molecular weight excluding hydrogens is 338 g/mol. The number of nitrogens with zero attached hydrogens (tertiary/aromatic N) is 2. The van der Waals surface area contributed by atoms with E-state index < -0.39 is 0 Å². The predicted molar refractivity (Wildman–Crippen MR) is 100 cm³/mol. The number of nitrogens with one attached hydrogen (secondary N) is 1. The van der Waals surface area contributed by atoms with Crippen molar-refractivity contribution >= 4 is 34.0 Å². The summed E-state index contributed by atoms with van der Waals surface area (Å²) in [6.07, 6.45) is 0.110. The first-order chi connectivity index (χ1) is 12.1. The van der Waals surface area contributed by atoms with E-state index in [2.05, 4.69) is 29.0 Å². The van der Waals surface area contributed by atoms with E-state index in [0.717, 1.165) is 18.8 Å². The molecule has 0 atom stereocenters. The number of amides is 1. The Morgan fingerprint density at radius 2 is 1.84 bits per heavy atom. The second kappa shape index (κ2) is 9.17. The molecule has 1 heterocycles. The smallest absolute Gasteiger partial charge is 0.311 e. The van der Waals surface area contributed by atoms with Crippen molar-refractivity contribution in [2.45, 2.75) is 27.2 Å². The Hall–Kier alpha value is -2.41. The molecule has 0 aliphatic heterocycles. The van der Waals surface area contributed by atoms with Crippen molar-refractivity contribution in [2.24, 2.45) is 0 Å². The molecule has 0 saturated carbocycles. The van der Waals surface area contributed by atoms with E-state index >= 15 is 0 Å². The van der Waals surface area contributed by atoms with Crippen molar-refractivity contribution < 1.29 is 14.3 Å². The van der Waals surface area contributed by atoms with Crippen LogP contribution in [0.5, 0.6) is 0 Å². The molecule has 0 bridgehead atoms. The van der Waals surface area contributed by atoms with Gasteiger partial charge in [0.1, 0.15) is 0 Å². The third-order valence-electron chi connectivity index (χ3n) is 3.66. The minimum absolute atomic E-state index is 0.110. The zero-order chi connectivity index (χ0) is 18.2. The van der Waals surface area contributed by atoms with Gasteiger partial charge in [-0.15, -0.1) is 11.3 Å². The number of carbonyl (C=O) groups excluding carboxylic acids is 2. The molecule has 0 aliphatic carbocycles. The summed E-state index contributed by atoms with van der Waals surface area (Å²) in [6, 6.07) is 7.48. The molecule has 25 heavy (non-hydrogen) atoms. The number of benzene rings is 1. The molecule has 0 fully saturated rings. The number of thiazole rings is 1. The lowest BCUT2D eigenvalue weighted by Crippen LogP contribution is -2.21. The summed E-state index contributed by atoms with van der Waals surface area (Å²) in [5.74, 6) is -0.541. The third-order valence-corrected chi connectivity index (χ3v) is 4.47. The van der Waals surface area contributed by atoms with Crippen molar-refractivity contribution in [1.82, 2.24) is 4.98 Å². The Labute approximate surface area is 151 Å². The van der Waals surface area contributed by atoms with Gasteiger partial charge in [0.05, 0.1) is 18.7 Å². The van der Waals surface area contributed by atoms with E-state index in [1.807, 2.05) is 12.1 Å². The second-order valence-electron chi connectivity index (χ2n) is 5.30. The summed E-state index contributed by atoms with van der Waals surface area (Å²) in [4.78, 5) is 30.2. The van der Waals surface area contributed by atoms with Crippen molar-refractivity contribution in [2.75, 3.05) is 29.9 Å². The molecule has 1 aromatic carbocycles. The molecule has 1 amide bonds. The van der Waals surface area contributed by atoms with Crippen LogP contribution in [0, 0.1) is 0 Å². The van der Waals surface area contributed by atoms with Crippen LogP contribution in [0.1, 0.15) is 36.8 Å². The fraction of sp³-hybridized carbons (Fsp3) is 0.389. The van der Waals surface area contributed by atoms with Crippen LogP contribution >= 0.6 is 11.3 Å². The van der Waals surface area contributed by atoms with Crippen LogP contribution in [-0.2, 0) is 16.0 Å². The van der Waals surface area contributed by atoms with Gasteiger partial charge in [0, 0.05) is 29.7 Å². The fourth-order valence-electron chi connectivity index (χ4n) is 2.39. The highest BCUT2D eigenvalue weighted by Gasteiger charge is 2.12. The number of hydrogen-bond acceptors (Lipinski definition) is 6. The van der Waals surface area contributed by atoms with Gasteiger partial charge in [0.25, 0.3) is 5.91 Å². The fourth-order valence-corrected chi connectivity index (χ4v) is 3.09. The van der Waals surface area contributed by atoms with Gasteiger partial charge in [-0.3, -0.25) is 14.9 Å². The van der Waals surface area contributed by atoms with Gasteiger partial charge in [-0.25, -0.2) is 4.98 Å². The Bertz CT molecular complexity index is 709. The van der Waals surface area contributed by atoms with Gasteiger partial charge in [-0.05, 0) is 45.0 Å². The molecule has 0 unspecified atom stereocenters. The standard InChI is InChI=1S/C18H23N3O3S/c1-4-21(5-2)15-9-7-13(8-10-15)17(23)20-18-19-14(12-25-18)11-16(22)24-6-3/h7-10,12H,4-6,11H2,1-3H3,(H,19,20,23). The highest BCUT2D eigenvalue weighted by molar-refractivity contribution is 7.14. The summed E-state index contributed by atoms with van der Waals surface area (Å²) in [6.45, 7) is 8.14. The van der Waals surface area contributed by atoms with Crippen LogP contribution in [-0.4, -0.2) is 36.6 Å². The highest BCUT2D eigenvalue weighted by Crippen LogP contribution is 2.19. The Morgan fingerprint density at radius 1 is 1.16 bits per heavy atom. The zero-order valence-electron chi connectivity index (χ0n) is 14.7. The quantitative estimate of drug-likeness (QED) is 0.730. The van der Waals surface area contributed by atoms with E-state index in [-0.39, 0.29) is 18.3 Å². The first kappa shape index (κ1) is 18.9. The Morgan fingerprint density at radius 3 is 2.44 bits per heavy atom. The van der Waals surface area contributed by atoms with Crippen LogP contribution < -0.4 is 10.2 Å². The molecule has 0 aliphatic rings. The third kappa shape index (κ3) is 5.29. The van der Waals surface area contributed by atoms with Crippen LogP contribution in [0.25, 0.3) is 0 Å². The summed E-state index contributed by atoms with van der Waals surface area (Å²) in [5, 5.41) is 4.98. The Kier molecular flexibility index (Phi) is 6.94. The highest BCUT2D eigenvalue weighted by atomic mass is 32.1. The molecular formula is C18H23N3O3S. The van der Waals surface area contributed by atoms with Gasteiger partial charge < -0.3 is 9.64 Å². The maximum absolute atomic E-state index is 12.3. The largest absolute Gasteiger partial charge is 0.466 e. The lowest BCUT2D eigenvalue weighted by molar-refractivity contribution is -0.142.